The molecule has 0 aliphatic heterocycles. The lowest BCUT2D eigenvalue weighted by molar-refractivity contribution is 0.510. The Morgan fingerprint density at radius 3 is 2.72 bits per heavy atom. The number of hydrogen-bond acceptors (Lipinski definition) is 3. The molecule has 0 amide bonds. The average molecular weight is 250 g/mol. The monoisotopic (exact) mass is 250 g/mol. The maximum absolute atomic E-state index is 5.88. The molecule has 0 bridgehead atoms. The van der Waals surface area contributed by atoms with Crippen molar-refractivity contribution in [3.63, 3.8) is 0 Å². The zero-order valence-corrected chi connectivity index (χ0v) is 12.0. The van der Waals surface area contributed by atoms with Crippen molar-refractivity contribution < 1.29 is 0 Å². The van der Waals surface area contributed by atoms with E-state index >= 15 is 0 Å². The highest BCUT2D eigenvalue weighted by molar-refractivity contribution is 5.27. The first kappa shape index (κ1) is 14.9. The smallest absolute Gasteiger partial charge is 0.0726 e. The number of aromatic nitrogens is 2. The predicted molar refractivity (Wildman–Crippen MR) is 76.5 cm³/mol. The van der Waals surface area contributed by atoms with Crippen LogP contribution in [0.1, 0.15) is 44.5 Å². The molecule has 1 aromatic rings. The second kappa shape index (κ2) is 6.16. The molecule has 4 heteroatoms. The zero-order valence-electron chi connectivity index (χ0n) is 12.0. The summed E-state index contributed by atoms with van der Waals surface area (Å²) in [5.41, 5.74) is 8.24. The van der Waals surface area contributed by atoms with Crippen molar-refractivity contribution in [1.82, 2.24) is 15.1 Å². The Labute approximate surface area is 110 Å². The molecule has 1 atom stereocenters. The van der Waals surface area contributed by atoms with E-state index in [2.05, 4.69) is 44.0 Å². The lowest BCUT2D eigenvalue weighted by atomic mass is 9.87. The van der Waals surface area contributed by atoms with E-state index in [1.165, 1.54) is 5.56 Å². The highest BCUT2D eigenvalue weighted by Crippen LogP contribution is 2.27. The van der Waals surface area contributed by atoms with Gasteiger partial charge in [0.2, 0.25) is 0 Å². The van der Waals surface area contributed by atoms with Crippen molar-refractivity contribution in [1.29, 1.82) is 0 Å². The van der Waals surface area contributed by atoms with Gasteiger partial charge < -0.3 is 11.1 Å². The van der Waals surface area contributed by atoms with E-state index in [-0.39, 0.29) is 11.5 Å². The van der Waals surface area contributed by atoms with Gasteiger partial charge in [0, 0.05) is 36.8 Å². The fourth-order valence-corrected chi connectivity index (χ4v) is 2.02. The van der Waals surface area contributed by atoms with E-state index in [9.17, 15) is 0 Å². The molecule has 0 radical (unpaired) electrons. The highest BCUT2D eigenvalue weighted by Gasteiger charge is 2.25. The minimum absolute atomic E-state index is 0.0319. The summed E-state index contributed by atoms with van der Waals surface area (Å²) in [6, 6.07) is 0.160. The molecule has 0 aliphatic carbocycles. The predicted octanol–water partition coefficient (Wildman–Crippen LogP) is 1.88. The van der Waals surface area contributed by atoms with Gasteiger partial charge in [0.25, 0.3) is 0 Å². The van der Waals surface area contributed by atoms with Crippen LogP contribution in [0.3, 0.4) is 0 Å². The molecule has 3 N–H and O–H groups in total. The van der Waals surface area contributed by atoms with E-state index in [4.69, 9.17) is 5.73 Å². The van der Waals surface area contributed by atoms with Gasteiger partial charge in [-0.1, -0.05) is 26.8 Å². The van der Waals surface area contributed by atoms with Crippen LogP contribution in [-0.4, -0.2) is 22.9 Å². The largest absolute Gasteiger partial charge is 0.329 e. The molecular weight excluding hydrogens is 224 g/mol. The average Bonchev–Trinajstić information content (AvgIpc) is 2.66. The summed E-state index contributed by atoms with van der Waals surface area (Å²) in [5, 5.41) is 8.04. The van der Waals surface area contributed by atoms with Crippen LogP contribution in [0.2, 0.25) is 0 Å². The standard InChI is InChI=1S/C14H26N4/c1-6-7-8-16-12(9-15)11-10-18(5)17-13(11)14(2,3)4/h6,10,12,16H,1,7-9,15H2,2-5H3. The van der Waals surface area contributed by atoms with E-state index in [1.54, 1.807) is 0 Å². The Morgan fingerprint density at radius 1 is 1.56 bits per heavy atom. The van der Waals surface area contributed by atoms with Crippen LogP contribution in [0.15, 0.2) is 18.9 Å². The first-order chi connectivity index (χ1) is 8.40. The first-order valence-electron chi connectivity index (χ1n) is 6.48. The molecule has 0 spiro atoms. The molecule has 1 unspecified atom stereocenters. The van der Waals surface area contributed by atoms with Gasteiger partial charge in [-0.25, -0.2) is 0 Å². The third-order valence-corrected chi connectivity index (χ3v) is 2.92. The highest BCUT2D eigenvalue weighted by atomic mass is 15.3. The van der Waals surface area contributed by atoms with Crippen LogP contribution in [-0.2, 0) is 12.5 Å². The second-order valence-corrected chi connectivity index (χ2v) is 5.68. The molecule has 1 aromatic heterocycles. The third-order valence-electron chi connectivity index (χ3n) is 2.92. The maximum atomic E-state index is 5.88. The number of rotatable bonds is 6. The third kappa shape index (κ3) is 3.68. The molecule has 18 heavy (non-hydrogen) atoms. The fraction of sp³-hybridized carbons (Fsp3) is 0.643. The number of nitrogens with one attached hydrogen (secondary N) is 1. The second-order valence-electron chi connectivity index (χ2n) is 5.68. The van der Waals surface area contributed by atoms with E-state index in [1.807, 2.05) is 17.8 Å². The lowest BCUT2D eigenvalue weighted by Crippen LogP contribution is -2.30. The van der Waals surface area contributed by atoms with E-state index in [0.29, 0.717) is 6.54 Å². The molecule has 0 saturated heterocycles. The van der Waals surface area contributed by atoms with Crippen molar-refractivity contribution in [2.75, 3.05) is 13.1 Å². The Morgan fingerprint density at radius 2 is 2.22 bits per heavy atom. The molecule has 102 valence electrons. The van der Waals surface area contributed by atoms with Crippen LogP contribution in [0, 0.1) is 0 Å². The summed E-state index contributed by atoms with van der Waals surface area (Å²) < 4.78 is 1.87. The number of nitrogens with two attached hydrogens (primary N) is 1. The normalized spacial score (nSPS) is 13.6. The molecule has 0 aromatic carbocycles. The van der Waals surface area contributed by atoms with Crippen molar-refractivity contribution in [2.45, 2.75) is 38.6 Å². The van der Waals surface area contributed by atoms with Gasteiger partial charge in [-0.05, 0) is 13.0 Å². The molecule has 0 aliphatic rings. The number of aryl methyl sites for hydroxylation is 1. The van der Waals surface area contributed by atoms with Crippen molar-refractivity contribution in [3.8, 4) is 0 Å². The van der Waals surface area contributed by atoms with E-state index in [0.717, 1.165) is 18.7 Å². The Hall–Kier alpha value is -1.13. The van der Waals surface area contributed by atoms with Gasteiger partial charge in [-0.2, -0.15) is 5.10 Å². The fourth-order valence-electron chi connectivity index (χ4n) is 2.02. The van der Waals surface area contributed by atoms with Gasteiger partial charge in [0.15, 0.2) is 0 Å². The van der Waals surface area contributed by atoms with Crippen LogP contribution < -0.4 is 11.1 Å². The maximum Gasteiger partial charge on any atom is 0.0726 e. The summed E-state index contributed by atoms with van der Waals surface area (Å²) in [7, 11) is 1.95. The Balaban J connectivity index is 2.94. The molecule has 0 fully saturated rings. The summed E-state index contributed by atoms with van der Waals surface area (Å²) in [4.78, 5) is 0. The Bertz CT molecular complexity index is 387. The topological polar surface area (TPSA) is 55.9 Å². The molecular formula is C14H26N4. The SMILES string of the molecule is C=CCCNC(CN)c1cn(C)nc1C(C)(C)C. The van der Waals surface area contributed by atoms with Gasteiger partial charge >= 0.3 is 0 Å². The van der Waals surface area contributed by atoms with Crippen molar-refractivity contribution in [2.24, 2.45) is 12.8 Å². The van der Waals surface area contributed by atoms with Crippen molar-refractivity contribution >= 4 is 0 Å². The van der Waals surface area contributed by atoms with Gasteiger partial charge in [-0.15, -0.1) is 6.58 Å². The summed E-state index contributed by atoms with van der Waals surface area (Å²) in [5.74, 6) is 0. The van der Waals surface area contributed by atoms with Crippen molar-refractivity contribution in [3.05, 3.63) is 30.1 Å². The number of nitrogens with zero attached hydrogens (tertiary/aromatic N) is 2. The summed E-state index contributed by atoms with van der Waals surface area (Å²) in [6.45, 7) is 11.7. The van der Waals surface area contributed by atoms with Gasteiger partial charge in [0.1, 0.15) is 0 Å². The minimum atomic E-state index is 0.0319. The first-order valence-corrected chi connectivity index (χ1v) is 6.48. The van der Waals surface area contributed by atoms with Crippen LogP contribution in [0.5, 0.6) is 0 Å². The van der Waals surface area contributed by atoms with E-state index < -0.39 is 0 Å². The minimum Gasteiger partial charge on any atom is -0.329 e. The van der Waals surface area contributed by atoms with Crippen LogP contribution in [0.25, 0.3) is 0 Å². The Kier molecular flexibility index (Phi) is 5.11. The lowest BCUT2D eigenvalue weighted by Gasteiger charge is -2.22. The number of hydrogen-bond donors (Lipinski definition) is 2. The molecule has 1 rings (SSSR count). The van der Waals surface area contributed by atoms with Crippen LogP contribution >= 0.6 is 0 Å². The summed E-state index contributed by atoms with van der Waals surface area (Å²) >= 11 is 0. The quantitative estimate of drug-likeness (QED) is 0.599. The van der Waals surface area contributed by atoms with Gasteiger partial charge in [0.05, 0.1) is 5.69 Å². The molecule has 4 nitrogen and oxygen atoms in total. The molecule has 0 saturated carbocycles. The zero-order chi connectivity index (χ0) is 13.8. The van der Waals surface area contributed by atoms with Crippen LogP contribution in [0.4, 0.5) is 0 Å². The molecule has 1 heterocycles. The summed E-state index contributed by atoms with van der Waals surface area (Å²) in [6.07, 6.45) is 4.93. The van der Waals surface area contributed by atoms with Gasteiger partial charge in [-0.3, -0.25) is 4.68 Å².